The number of hydrogen-bond donors (Lipinski definition) is 0. The van der Waals surface area contributed by atoms with Gasteiger partial charge in [-0.3, -0.25) is 0 Å². The maximum Gasteiger partial charge on any atom is 0.0406 e. The second kappa shape index (κ2) is 9.15. The van der Waals surface area contributed by atoms with Crippen molar-refractivity contribution in [1.29, 1.82) is 0 Å². The summed E-state index contributed by atoms with van der Waals surface area (Å²) >= 11 is 0. The SMILES string of the molecule is C1=CC2(CC3(CC14c1ccccc1-c1ccccc14)c1ccccc1-c1ccccc13)c1ccccc1-c1ccccc12.I. The van der Waals surface area contributed by atoms with E-state index >= 15 is 0 Å². The summed E-state index contributed by atoms with van der Waals surface area (Å²) in [4.78, 5) is 0. The number of benzene rings is 6. The Morgan fingerprint density at radius 3 is 0.818 bits per heavy atom. The van der Waals surface area contributed by atoms with Gasteiger partial charge in [0.15, 0.2) is 0 Å². The number of hydrogen-bond acceptors (Lipinski definition) is 0. The molecule has 0 unspecified atom stereocenters. The van der Waals surface area contributed by atoms with Crippen LogP contribution in [0.3, 0.4) is 0 Å². The van der Waals surface area contributed by atoms with E-state index in [0.29, 0.717) is 0 Å². The Bertz CT molecular complexity index is 1920. The molecule has 6 aromatic carbocycles. The zero-order chi connectivity index (χ0) is 28.2. The van der Waals surface area contributed by atoms with Crippen molar-refractivity contribution in [3.63, 3.8) is 0 Å². The van der Waals surface area contributed by atoms with Gasteiger partial charge in [-0.1, -0.05) is 158 Å². The van der Waals surface area contributed by atoms with Crippen molar-refractivity contribution in [2.75, 3.05) is 0 Å². The van der Waals surface area contributed by atoms with E-state index in [0.717, 1.165) is 12.8 Å². The van der Waals surface area contributed by atoms with Crippen molar-refractivity contribution in [2.45, 2.75) is 29.1 Å². The Hall–Kier alpha value is -4.21. The Morgan fingerprint density at radius 2 is 0.523 bits per heavy atom. The van der Waals surface area contributed by atoms with E-state index in [1.807, 2.05) is 0 Å². The molecule has 1 heteroatoms. The predicted octanol–water partition coefficient (Wildman–Crippen LogP) is 10.9. The molecule has 0 amide bonds. The van der Waals surface area contributed by atoms with Crippen LogP contribution in [0.4, 0.5) is 0 Å². The van der Waals surface area contributed by atoms with Crippen LogP contribution in [0.1, 0.15) is 46.2 Å². The fourth-order valence-corrected chi connectivity index (χ4v) is 9.67. The average Bonchev–Trinajstić information content (AvgIpc) is 3.56. The molecule has 0 aromatic heterocycles. The average molecular weight is 675 g/mol. The van der Waals surface area contributed by atoms with Gasteiger partial charge in [0.1, 0.15) is 0 Å². The molecule has 3 spiro atoms. The first-order valence-electron chi connectivity index (χ1n) is 15.5. The van der Waals surface area contributed by atoms with Crippen LogP contribution in [0.5, 0.6) is 0 Å². The topological polar surface area (TPSA) is 0 Å². The molecule has 0 N–H and O–H groups in total. The molecule has 0 radical (unpaired) electrons. The smallest absolute Gasteiger partial charge is 0.0406 e. The first-order chi connectivity index (χ1) is 21.3. The van der Waals surface area contributed by atoms with Gasteiger partial charge in [-0.25, -0.2) is 0 Å². The van der Waals surface area contributed by atoms with Gasteiger partial charge >= 0.3 is 0 Å². The predicted molar refractivity (Wildman–Crippen MR) is 192 cm³/mol. The molecular formula is C43H31I. The maximum absolute atomic E-state index is 2.63. The normalized spacial score (nSPS) is 17.6. The van der Waals surface area contributed by atoms with E-state index in [2.05, 4.69) is 158 Å². The minimum atomic E-state index is -0.256. The molecule has 44 heavy (non-hydrogen) atoms. The van der Waals surface area contributed by atoms with E-state index in [1.54, 1.807) is 0 Å². The third kappa shape index (κ3) is 3.08. The van der Waals surface area contributed by atoms with Gasteiger partial charge in [-0.2, -0.15) is 0 Å². The molecule has 210 valence electrons. The summed E-state index contributed by atoms with van der Waals surface area (Å²) in [6.07, 6.45) is 7.25. The van der Waals surface area contributed by atoms with E-state index in [9.17, 15) is 0 Å². The van der Waals surface area contributed by atoms with E-state index in [1.165, 1.54) is 66.8 Å². The van der Waals surface area contributed by atoms with Crippen LogP contribution in [0.15, 0.2) is 158 Å². The van der Waals surface area contributed by atoms with Crippen molar-refractivity contribution in [3.8, 4) is 33.4 Å². The molecule has 0 saturated carbocycles. The van der Waals surface area contributed by atoms with E-state index < -0.39 is 0 Å². The lowest BCUT2D eigenvalue weighted by Crippen LogP contribution is -2.39. The second-order valence-electron chi connectivity index (χ2n) is 13.0. The Labute approximate surface area is 276 Å². The molecular weight excluding hydrogens is 643 g/mol. The minimum absolute atomic E-state index is 0. The minimum Gasteiger partial charge on any atom is -0.107 e. The number of rotatable bonds is 0. The zero-order valence-electron chi connectivity index (χ0n) is 24.3. The molecule has 0 fully saturated rings. The first-order valence-corrected chi connectivity index (χ1v) is 15.5. The molecule has 4 aliphatic rings. The monoisotopic (exact) mass is 674 g/mol. The van der Waals surface area contributed by atoms with Gasteiger partial charge in [0.25, 0.3) is 0 Å². The fourth-order valence-electron chi connectivity index (χ4n) is 9.67. The summed E-state index contributed by atoms with van der Waals surface area (Å²) < 4.78 is 0. The van der Waals surface area contributed by atoms with Gasteiger partial charge in [0.2, 0.25) is 0 Å². The van der Waals surface area contributed by atoms with Crippen molar-refractivity contribution in [3.05, 3.63) is 191 Å². The van der Waals surface area contributed by atoms with Gasteiger partial charge in [-0.05, 0) is 79.6 Å². The van der Waals surface area contributed by atoms with Crippen molar-refractivity contribution in [2.24, 2.45) is 0 Å². The molecule has 0 bridgehead atoms. The number of fused-ring (bicyclic) bond motifs is 15. The summed E-state index contributed by atoms with van der Waals surface area (Å²) in [7, 11) is 0. The fraction of sp³-hybridized carbons (Fsp3) is 0.116. The van der Waals surface area contributed by atoms with Crippen molar-refractivity contribution in [1.82, 2.24) is 0 Å². The van der Waals surface area contributed by atoms with E-state index in [-0.39, 0.29) is 40.2 Å². The summed E-state index contributed by atoms with van der Waals surface area (Å²) in [5.74, 6) is 0. The lowest BCUT2D eigenvalue weighted by atomic mass is 9.59. The highest BCUT2D eigenvalue weighted by Crippen LogP contribution is 2.67. The van der Waals surface area contributed by atoms with Crippen LogP contribution in [-0.4, -0.2) is 0 Å². The molecule has 0 aliphatic heterocycles. The van der Waals surface area contributed by atoms with Crippen LogP contribution < -0.4 is 0 Å². The summed E-state index contributed by atoms with van der Waals surface area (Å²) in [6.45, 7) is 0. The molecule has 0 nitrogen and oxygen atoms in total. The van der Waals surface area contributed by atoms with Crippen LogP contribution >= 0.6 is 24.0 Å². The number of allylic oxidation sites excluding steroid dienone is 2. The Kier molecular flexibility index (Phi) is 5.45. The molecule has 0 heterocycles. The lowest BCUT2D eigenvalue weighted by molar-refractivity contribution is 0.357. The quantitative estimate of drug-likeness (QED) is 0.111. The largest absolute Gasteiger partial charge is 0.107 e. The summed E-state index contributed by atoms with van der Waals surface area (Å²) in [5, 5.41) is 0. The molecule has 4 aliphatic carbocycles. The lowest BCUT2D eigenvalue weighted by Gasteiger charge is -2.43. The first kappa shape index (κ1) is 26.2. The molecule has 0 saturated heterocycles. The van der Waals surface area contributed by atoms with Gasteiger partial charge in [0, 0.05) is 16.2 Å². The van der Waals surface area contributed by atoms with Crippen molar-refractivity contribution >= 4 is 24.0 Å². The summed E-state index contributed by atoms with van der Waals surface area (Å²) in [6, 6.07) is 55.2. The Balaban J connectivity index is 0.00000270. The second-order valence-corrected chi connectivity index (χ2v) is 13.0. The van der Waals surface area contributed by atoms with Crippen molar-refractivity contribution < 1.29 is 0 Å². The van der Waals surface area contributed by atoms with Gasteiger partial charge in [0.05, 0.1) is 0 Å². The Morgan fingerprint density at radius 1 is 0.295 bits per heavy atom. The highest BCUT2D eigenvalue weighted by Gasteiger charge is 2.58. The highest BCUT2D eigenvalue weighted by molar-refractivity contribution is 14.0. The zero-order valence-corrected chi connectivity index (χ0v) is 26.7. The molecule has 6 aromatic rings. The van der Waals surface area contributed by atoms with Crippen LogP contribution in [0.2, 0.25) is 0 Å². The summed E-state index contributed by atoms with van der Waals surface area (Å²) in [5.41, 5.74) is 16.3. The van der Waals surface area contributed by atoms with Gasteiger partial charge < -0.3 is 0 Å². The third-order valence-electron chi connectivity index (χ3n) is 11.2. The van der Waals surface area contributed by atoms with Crippen LogP contribution in [0.25, 0.3) is 33.4 Å². The molecule has 0 atom stereocenters. The van der Waals surface area contributed by atoms with Crippen LogP contribution in [-0.2, 0) is 16.2 Å². The third-order valence-corrected chi connectivity index (χ3v) is 11.2. The number of halogens is 1. The maximum atomic E-state index is 2.63. The van der Waals surface area contributed by atoms with E-state index in [4.69, 9.17) is 0 Å². The van der Waals surface area contributed by atoms with Gasteiger partial charge in [-0.15, -0.1) is 24.0 Å². The molecule has 10 rings (SSSR count). The standard InChI is InChI=1S/C43H30.HI/c1-7-19-35-29(13-1)30-14-2-8-20-36(30)41(35)25-26-42(37-21-9-3-15-31(37)32-16-4-10-22-38(32)42)28-43(27-41)39-23-11-5-17-33(39)34-18-6-12-24-40(34)43;/h1-26H,27-28H2;1H. The van der Waals surface area contributed by atoms with Crippen LogP contribution in [0, 0.1) is 0 Å². The highest BCUT2D eigenvalue weighted by atomic mass is 127.